The number of allylic oxidation sites excluding steroid dienone is 1. The van der Waals surface area contributed by atoms with Gasteiger partial charge in [-0.2, -0.15) is 0 Å². The Morgan fingerprint density at radius 2 is 1.87 bits per heavy atom. The average Bonchev–Trinajstić information content (AvgIpc) is 2.80. The number of hydrogen-bond acceptors (Lipinski definition) is 2. The van der Waals surface area contributed by atoms with E-state index < -0.39 is 5.60 Å². The van der Waals surface area contributed by atoms with Crippen LogP contribution >= 0.6 is 0 Å². The van der Waals surface area contributed by atoms with Gasteiger partial charge in [0.2, 0.25) is 0 Å². The largest absolute Gasteiger partial charge is 0.377 e. The zero-order valence-corrected chi connectivity index (χ0v) is 14.4. The molecule has 4 aliphatic rings. The molecule has 2 heteroatoms. The molecule has 4 aliphatic carbocycles. The fourth-order valence-corrected chi connectivity index (χ4v) is 6.81. The van der Waals surface area contributed by atoms with Crippen molar-refractivity contribution in [2.24, 2.45) is 28.6 Å². The van der Waals surface area contributed by atoms with Crippen LogP contribution in [0.15, 0.2) is 11.6 Å². The number of carbonyl (C=O) groups excluding carboxylic acids is 1. The number of aliphatic hydroxyl groups is 1. The Morgan fingerprint density at radius 1 is 1.13 bits per heavy atom. The van der Waals surface area contributed by atoms with E-state index in [0.717, 1.165) is 38.5 Å². The van der Waals surface area contributed by atoms with Crippen LogP contribution < -0.4 is 0 Å². The quantitative estimate of drug-likeness (QED) is 0.689. The zero-order chi connectivity index (χ0) is 16.5. The predicted molar refractivity (Wildman–Crippen MR) is 90.5 cm³/mol. The van der Waals surface area contributed by atoms with Crippen molar-refractivity contribution < 1.29 is 9.90 Å². The molecule has 3 fully saturated rings. The fourth-order valence-electron chi connectivity index (χ4n) is 6.81. The van der Waals surface area contributed by atoms with Crippen molar-refractivity contribution in [3.8, 4) is 12.3 Å². The molecular formula is C21H28O2. The first kappa shape index (κ1) is 15.5. The maximum Gasteiger partial charge on any atom is 0.155 e. The molecule has 0 radical (unpaired) electrons. The molecule has 0 aromatic heterocycles. The van der Waals surface area contributed by atoms with Gasteiger partial charge in [0.15, 0.2) is 5.78 Å². The highest BCUT2D eigenvalue weighted by Gasteiger charge is 2.63. The van der Waals surface area contributed by atoms with E-state index >= 15 is 0 Å². The molecular weight excluding hydrogens is 284 g/mol. The van der Waals surface area contributed by atoms with Crippen molar-refractivity contribution in [3.63, 3.8) is 0 Å². The highest BCUT2D eigenvalue weighted by Crippen LogP contribution is 2.67. The summed E-state index contributed by atoms with van der Waals surface area (Å²) in [5.74, 6) is 4.93. The molecule has 1 N–H and O–H groups in total. The Hall–Kier alpha value is -1.07. The van der Waals surface area contributed by atoms with Gasteiger partial charge in [-0.15, -0.1) is 6.42 Å². The van der Waals surface area contributed by atoms with Gasteiger partial charge in [-0.25, -0.2) is 0 Å². The van der Waals surface area contributed by atoms with Gasteiger partial charge in [0, 0.05) is 11.8 Å². The smallest absolute Gasteiger partial charge is 0.155 e. The van der Waals surface area contributed by atoms with Crippen LogP contribution in [0, 0.1) is 40.9 Å². The molecule has 3 saturated carbocycles. The lowest BCUT2D eigenvalue weighted by molar-refractivity contribution is -0.119. The molecule has 0 bridgehead atoms. The minimum absolute atomic E-state index is 0.120. The van der Waals surface area contributed by atoms with E-state index in [-0.39, 0.29) is 10.8 Å². The lowest BCUT2D eigenvalue weighted by atomic mass is 9.46. The Kier molecular flexibility index (Phi) is 3.18. The number of rotatable bonds is 0. The summed E-state index contributed by atoms with van der Waals surface area (Å²) in [5.41, 5.74) is 0.575. The first-order chi connectivity index (χ1) is 10.8. The zero-order valence-electron chi connectivity index (χ0n) is 14.4. The molecule has 0 spiro atoms. The normalized spacial score (nSPS) is 52.0. The highest BCUT2D eigenvalue weighted by atomic mass is 16.3. The summed E-state index contributed by atoms with van der Waals surface area (Å²) in [5, 5.41) is 11.0. The van der Waals surface area contributed by atoms with Crippen LogP contribution in [0.4, 0.5) is 0 Å². The highest BCUT2D eigenvalue weighted by molar-refractivity contribution is 5.91. The molecule has 0 aromatic carbocycles. The van der Waals surface area contributed by atoms with Crippen molar-refractivity contribution in [2.75, 3.05) is 0 Å². The summed E-state index contributed by atoms with van der Waals surface area (Å²) in [7, 11) is 0. The van der Waals surface area contributed by atoms with E-state index in [1.807, 2.05) is 6.08 Å². The lowest BCUT2D eigenvalue weighted by Crippen LogP contribution is -2.54. The van der Waals surface area contributed by atoms with Crippen LogP contribution in [0.5, 0.6) is 0 Å². The van der Waals surface area contributed by atoms with Crippen LogP contribution in [0.25, 0.3) is 0 Å². The number of terminal acetylenes is 1. The van der Waals surface area contributed by atoms with E-state index in [4.69, 9.17) is 6.42 Å². The van der Waals surface area contributed by atoms with E-state index in [0.29, 0.717) is 30.0 Å². The molecule has 0 heterocycles. The second-order valence-electron chi connectivity index (χ2n) is 8.97. The van der Waals surface area contributed by atoms with Gasteiger partial charge in [-0.1, -0.05) is 25.3 Å². The van der Waals surface area contributed by atoms with E-state index in [2.05, 4.69) is 19.8 Å². The Bertz CT molecular complexity index is 626. The summed E-state index contributed by atoms with van der Waals surface area (Å²) in [6, 6.07) is 0. The molecule has 2 nitrogen and oxygen atoms in total. The van der Waals surface area contributed by atoms with Crippen LogP contribution in [0.1, 0.15) is 65.2 Å². The van der Waals surface area contributed by atoms with Crippen molar-refractivity contribution in [1.82, 2.24) is 0 Å². The van der Waals surface area contributed by atoms with Gasteiger partial charge in [0.1, 0.15) is 5.60 Å². The van der Waals surface area contributed by atoms with E-state index in [1.165, 1.54) is 12.0 Å². The second kappa shape index (κ2) is 4.73. The molecule has 0 aromatic rings. The summed E-state index contributed by atoms with van der Waals surface area (Å²) in [6.07, 6.45) is 15.6. The number of ketones is 1. The third-order valence-corrected chi connectivity index (χ3v) is 8.35. The van der Waals surface area contributed by atoms with Crippen LogP contribution in [0.2, 0.25) is 0 Å². The monoisotopic (exact) mass is 312 g/mol. The molecule has 0 saturated heterocycles. The van der Waals surface area contributed by atoms with Gasteiger partial charge in [-0.05, 0) is 74.2 Å². The summed E-state index contributed by atoms with van der Waals surface area (Å²) >= 11 is 0. The van der Waals surface area contributed by atoms with Crippen LogP contribution in [-0.4, -0.2) is 16.5 Å². The standard InChI is InChI=1S/C21H28O2/c1-4-21(23)12-9-18-16-6-5-14-13-15(22)7-10-19(14,2)17(16)8-11-20(18,21)3/h1,13,16-18,23H,5-12H2,2-3H3/t16-,17-,18+,19-,20-,21+/m0/s1. The average molecular weight is 312 g/mol. The minimum atomic E-state index is -0.914. The van der Waals surface area contributed by atoms with Gasteiger partial charge in [-0.3, -0.25) is 4.79 Å². The first-order valence-corrected chi connectivity index (χ1v) is 9.28. The SMILES string of the molecule is C#C[C@@]1(O)CC[C@@H]2[C@H]3CCC4=CC(=O)CC[C@]4(C)[C@H]3CC[C@@]21C. The third kappa shape index (κ3) is 1.84. The van der Waals surface area contributed by atoms with Gasteiger partial charge < -0.3 is 5.11 Å². The maximum atomic E-state index is 11.8. The van der Waals surface area contributed by atoms with Gasteiger partial charge in [0.25, 0.3) is 0 Å². The fraction of sp³-hybridized carbons (Fsp3) is 0.762. The Morgan fingerprint density at radius 3 is 2.61 bits per heavy atom. The van der Waals surface area contributed by atoms with E-state index in [1.54, 1.807) is 0 Å². The predicted octanol–water partition coefficient (Wildman–Crippen LogP) is 3.88. The van der Waals surface area contributed by atoms with Crippen molar-refractivity contribution in [1.29, 1.82) is 0 Å². The summed E-state index contributed by atoms with van der Waals surface area (Å²) < 4.78 is 0. The Balaban J connectivity index is 1.70. The molecule has 0 unspecified atom stereocenters. The van der Waals surface area contributed by atoms with Crippen LogP contribution in [0.3, 0.4) is 0 Å². The number of carbonyl (C=O) groups is 1. The number of fused-ring (bicyclic) bond motifs is 5. The van der Waals surface area contributed by atoms with Gasteiger partial charge in [0.05, 0.1) is 0 Å². The van der Waals surface area contributed by atoms with Crippen molar-refractivity contribution in [3.05, 3.63) is 11.6 Å². The molecule has 124 valence electrons. The van der Waals surface area contributed by atoms with Gasteiger partial charge >= 0.3 is 0 Å². The minimum Gasteiger partial charge on any atom is -0.377 e. The second-order valence-corrected chi connectivity index (χ2v) is 8.97. The lowest BCUT2D eigenvalue weighted by Gasteiger charge is -2.58. The molecule has 0 amide bonds. The molecule has 6 atom stereocenters. The third-order valence-electron chi connectivity index (χ3n) is 8.35. The number of hydrogen-bond donors (Lipinski definition) is 1. The summed E-state index contributed by atoms with van der Waals surface area (Å²) in [4.78, 5) is 11.8. The first-order valence-electron chi connectivity index (χ1n) is 9.28. The van der Waals surface area contributed by atoms with Crippen LogP contribution in [-0.2, 0) is 4.79 Å². The molecule has 0 aliphatic heterocycles. The Labute approximate surface area is 139 Å². The molecule has 23 heavy (non-hydrogen) atoms. The maximum absolute atomic E-state index is 11.8. The topological polar surface area (TPSA) is 37.3 Å². The van der Waals surface area contributed by atoms with E-state index in [9.17, 15) is 9.90 Å². The van der Waals surface area contributed by atoms with Crippen molar-refractivity contribution >= 4 is 5.78 Å². The van der Waals surface area contributed by atoms with Crippen molar-refractivity contribution in [2.45, 2.75) is 70.8 Å². The summed E-state index contributed by atoms with van der Waals surface area (Å²) in [6.45, 7) is 4.63. The molecule has 4 rings (SSSR count).